The Hall–Kier alpha value is -2.92. The zero-order valence-corrected chi connectivity index (χ0v) is 14.0. The number of aliphatic hydroxyl groups is 1. The van der Waals surface area contributed by atoms with Gasteiger partial charge in [0.1, 0.15) is 5.75 Å². The van der Waals surface area contributed by atoms with Gasteiger partial charge < -0.3 is 14.6 Å². The van der Waals surface area contributed by atoms with Crippen molar-refractivity contribution in [1.29, 1.82) is 0 Å². The van der Waals surface area contributed by atoms with E-state index < -0.39 is 12.3 Å². The predicted octanol–water partition coefficient (Wildman–Crippen LogP) is 3.12. The van der Waals surface area contributed by atoms with Crippen molar-refractivity contribution < 1.29 is 24.2 Å². The van der Waals surface area contributed by atoms with Crippen LogP contribution in [0, 0.1) is 0 Å². The van der Waals surface area contributed by atoms with Gasteiger partial charge in [-0.25, -0.2) is 4.79 Å². The highest BCUT2D eigenvalue weighted by atomic mass is 16.6. The molecule has 1 atom stereocenters. The topological polar surface area (TPSA) is 72.8 Å². The van der Waals surface area contributed by atoms with Gasteiger partial charge in [-0.1, -0.05) is 49.0 Å². The maximum absolute atomic E-state index is 12.6. The summed E-state index contributed by atoms with van der Waals surface area (Å²) in [6.07, 6.45) is -1.21. The first-order valence-corrected chi connectivity index (χ1v) is 7.85. The highest BCUT2D eigenvalue weighted by Crippen LogP contribution is 2.22. The Kier molecular flexibility index (Phi) is 6.48. The van der Waals surface area contributed by atoms with Gasteiger partial charge in [-0.05, 0) is 19.1 Å². The molecule has 0 saturated carbocycles. The van der Waals surface area contributed by atoms with E-state index in [4.69, 9.17) is 9.47 Å². The number of esters is 1. The third kappa shape index (κ3) is 5.29. The number of para-hydroxylation sites is 1. The summed E-state index contributed by atoms with van der Waals surface area (Å²) < 4.78 is 10.4. The summed E-state index contributed by atoms with van der Waals surface area (Å²) >= 11 is 0. The van der Waals surface area contributed by atoms with Gasteiger partial charge in [-0.15, -0.1) is 0 Å². The minimum atomic E-state index is -1.29. The van der Waals surface area contributed by atoms with Crippen LogP contribution >= 0.6 is 0 Å². The van der Waals surface area contributed by atoms with Gasteiger partial charge in [0, 0.05) is 17.6 Å². The fraction of sp³-hybridized carbons (Fsp3) is 0.200. The van der Waals surface area contributed by atoms with Crippen LogP contribution in [-0.2, 0) is 9.53 Å². The molecule has 0 aliphatic carbocycles. The number of aliphatic hydroxyl groups excluding tert-OH is 1. The van der Waals surface area contributed by atoms with Crippen molar-refractivity contribution in [3.05, 3.63) is 77.9 Å². The summed E-state index contributed by atoms with van der Waals surface area (Å²) in [6.45, 7) is 5.03. The Labute approximate surface area is 146 Å². The second-order valence-electron chi connectivity index (χ2n) is 5.47. The molecular weight excluding hydrogens is 320 g/mol. The fourth-order valence-electron chi connectivity index (χ4n) is 2.08. The van der Waals surface area contributed by atoms with Crippen molar-refractivity contribution in [2.75, 3.05) is 6.61 Å². The number of ether oxygens (including phenoxy) is 2. The normalized spacial score (nSPS) is 11.4. The molecule has 5 heteroatoms. The number of carbonyl (C=O) groups excluding carboxylic acids is 2. The monoisotopic (exact) mass is 340 g/mol. The Bertz CT molecular complexity index is 752. The molecule has 25 heavy (non-hydrogen) atoms. The van der Waals surface area contributed by atoms with Crippen LogP contribution in [0.25, 0.3) is 0 Å². The molecule has 0 bridgehead atoms. The molecule has 0 heterocycles. The molecule has 0 saturated heterocycles. The second kappa shape index (κ2) is 8.80. The molecule has 0 aliphatic rings. The zero-order chi connectivity index (χ0) is 18.2. The van der Waals surface area contributed by atoms with Gasteiger partial charge in [0.05, 0.1) is 12.2 Å². The first-order chi connectivity index (χ1) is 12.0. The Morgan fingerprint density at radius 1 is 1.08 bits per heavy atom. The summed E-state index contributed by atoms with van der Waals surface area (Å²) in [4.78, 5) is 23.9. The second-order valence-corrected chi connectivity index (χ2v) is 5.47. The van der Waals surface area contributed by atoms with Crippen molar-refractivity contribution in [2.24, 2.45) is 0 Å². The smallest absolute Gasteiger partial charge is 0.335 e. The minimum Gasteiger partial charge on any atom is -0.493 e. The first-order valence-electron chi connectivity index (χ1n) is 7.85. The summed E-state index contributed by atoms with van der Waals surface area (Å²) in [5.41, 5.74) is 1.20. The van der Waals surface area contributed by atoms with Crippen molar-refractivity contribution in [3.63, 3.8) is 0 Å². The van der Waals surface area contributed by atoms with E-state index in [9.17, 15) is 14.7 Å². The average molecular weight is 340 g/mol. The Morgan fingerprint density at radius 2 is 1.72 bits per heavy atom. The molecule has 0 amide bonds. The van der Waals surface area contributed by atoms with Crippen LogP contribution in [0.3, 0.4) is 0 Å². The van der Waals surface area contributed by atoms with Crippen LogP contribution in [0.15, 0.2) is 66.7 Å². The van der Waals surface area contributed by atoms with Crippen LogP contribution in [-0.4, -0.2) is 29.8 Å². The Balaban J connectivity index is 1.98. The standard InChI is InChI=1S/C20H20O5/c1-14(2)20(23)25-18(21)12-13-24-17-11-7-6-10-16(17)19(22)15-8-4-3-5-9-15/h3-11,18,21H,1,12-13H2,2H3. The molecule has 2 aromatic rings. The van der Waals surface area contributed by atoms with Gasteiger partial charge in [-0.2, -0.15) is 0 Å². The van der Waals surface area contributed by atoms with Crippen LogP contribution in [0.1, 0.15) is 29.3 Å². The number of hydrogen-bond acceptors (Lipinski definition) is 5. The summed E-state index contributed by atoms with van der Waals surface area (Å²) in [7, 11) is 0. The lowest BCUT2D eigenvalue weighted by Gasteiger charge is -2.14. The van der Waals surface area contributed by atoms with Crippen molar-refractivity contribution in [1.82, 2.24) is 0 Å². The molecule has 5 nitrogen and oxygen atoms in total. The highest BCUT2D eigenvalue weighted by Gasteiger charge is 2.15. The van der Waals surface area contributed by atoms with E-state index in [-0.39, 0.29) is 24.4 Å². The van der Waals surface area contributed by atoms with Crippen LogP contribution in [0.4, 0.5) is 0 Å². The van der Waals surface area contributed by atoms with E-state index in [1.165, 1.54) is 6.92 Å². The first kappa shape index (κ1) is 18.4. The van der Waals surface area contributed by atoms with E-state index in [0.29, 0.717) is 16.9 Å². The fourth-order valence-corrected chi connectivity index (χ4v) is 2.08. The third-order valence-corrected chi connectivity index (χ3v) is 3.38. The third-order valence-electron chi connectivity index (χ3n) is 3.38. The predicted molar refractivity (Wildman–Crippen MR) is 93.3 cm³/mol. The van der Waals surface area contributed by atoms with Gasteiger partial charge >= 0.3 is 5.97 Å². The summed E-state index contributed by atoms with van der Waals surface area (Å²) in [5.74, 6) is -0.396. The molecular formula is C20H20O5. The van der Waals surface area contributed by atoms with Gasteiger partial charge in [0.2, 0.25) is 6.29 Å². The van der Waals surface area contributed by atoms with E-state index in [2.05, 4.69) is 6.58 Å². The molecule has 1 N–H and O–H groups in total. The molecule has 1 unspecified atom stereocenters. The summed E-state index contributed by atoms with van der Waals surface area (Å²) in [6, 6.07) is 15.8. The van der Waals surface area contributed by atoms with E-state index in [1.807, 2.05) is 6.07 Å². The quantitative estimate of drug-likeness (QED) is 0.346. The van der Waals surface area contributed by atoms with Crippen molar-refractivity contribution >= 4 is 11.8 Å². The van der Waals surface area contributed by atoms with E-state index >= 15 is 0 Å². The number of rotatable bonds is 8. The molecule has 2 aromatic carbocycles. The molecule has 2 rings (SSSR count). The molecule has 130 valence electrons. The number of benzene rings is 2. The molecule has 0 radical (unpaired) electrons. The highest BCUT2D eigenvalue weighted by molar-refractivity contribution is 6.10. The number of ketones is 1. The van der Waals surface area contributed by atoms with Crippen LogP contribution in [0.2, 0.25) is 0 Å². The molecule has 0 spiro atoms. The van der Waals surface area contributed by atoms with Crippen LogP contribution < -0.4 is 4.74 Å². The van der Waals surface area contributed by atoms with Gasteiger partial charge in [0.15, 0.2) is 5.78 Å². The van der Waals surface area contributed by atoms with Crippen molar-refractivity contribution in [2.45, 2.75) is 19.6 Å². The lowest BCUT2D eigenvalue weighted by atomic mass is 10.0. The lowest BCUT2D eigenvalue weighted by molar-refractivity contribution is -0.164. The average Bonchev–Trinajstić information content (AvgIpc) is 2.62. The largest absolute Gasteiger partial charge is 0.493 e. The van der Waals surface area contributed by atoms with E-state index in [0.717, 1.165) is 0 Å². The molecule has 0 fully saturated rings. The minimum absolute atomic E-state index is 0.0763. The number of carbonyl (C=O) groups is 2. The zero-order valence-electron chi connectivity index (χ0n) is 14.0. The molecule has 0 aliphatic heterocycles. The molecule has 0 aromatic heterocycles. The lowest BCUT2D eigenvalue weighted by Crippen LogP contribution is -2.20. The van der Waals surface area contributed by atoms with Gasteiger partial charge in [0.25, 0.3) is 0 Å². The van der Waals surface area contributed by atoms with Crippen molar-refractivity contribution in [3.8, 4) is 5.75 Å². The maximum atomic E-state index is 12.6. The summed E-state index contributed by atoms with van der Waals surface area (Å²) in [5, 5.41) is 9.67. The number of hydrogen-bond donors (Lipinski definition) is 1. The van der Waals surface area contributed by atoms with Gasteiger partial charge in [-0.3, -0.25) is 4.79 Å². The maximum Gasteiger partial charge on any atom is 0.335 e. The Morgan fingerprint density at radius 3 is 2.40 bits per heavy atom. The van der Waals surface area contributed by atoms with Crippen LogP contribution in [0.5, 0.6) is 5.75 Å². The SMILES string of the molecule is C=C(C)C(=O)OC(O)CCOc1ccccc1C(=O)c1ccccc1. The van der Waals surface area contributed by atoms with E-state index in [1.54, 1.807) is 48.5 Å².